The van der Waals surface area contributed by atoms with Gasteiger partial charge in [-0.25, -0.2) is 9.97 Å². The van der Waals surface area contributed by atoms with Crippen LogP contribution in [0.2, 0.25) is 0 Å². The molecule has 0 spiro atoms. The fraction of sp³-hybridized carbons (Fsp3) is 0.556. The number of nitrogens with zero attached hydrogens (tertiary/aromatic N) is 2. The van der Waals surface area contributed by atoms with Crippen molar-refractivity contribution in [1.29, 1.82) is 0 Å². The molecule has 0 amide bonds. The van der Waals surface area contributed by atoms with E-state index in [2.05, 4.69) is 9.97 Å². The van der Waals surface area contributed by atoms with Crippen molar-refractivity contribution in [1.82, 2.24) is 9.97 Å². The first kappa shape index (κ1) is 12.0. The minimum absolute atomic E-state index is 0.211. The van der Waals surface area contributed by atoms with Gasteiger partial charge in [0.05, 0.1) is 12.3 Å². The SMILES string of the molecule is Cc1nccc([C@H](O)[C@@H](O)[C@H](O)CO)n1. The van der Waals surface area contributed by atoms with Crippen LogP contribution in [-0.4, -0.2) is 49.2 Å². The Morgan fingerprint density at radius 3 is 2.53 bits per heavy atom. The van der Waals surface area contributed by atoms with Crippen LogP contribution in [-0.2, 0) is 0 Å². The lowest BCUT2D eigenvalue weighted by Crippen LogP contribution is -2.35. The summed E-state index contributed by atoms with van der Waals surface area (Å²) in [4.78, 5) is 7.73. The van der Waals surface area contributed by atoms with Gasteiger partial charge in [0.2, 0.25) is 0 Å². The highest BCUT2D eigenvalue weighted by Crippen LogP contribution is 2.16. The fourth-order valence-corrected chi connectivity index (χ4v) is 1.13. The summed E-state index contributed by atoms with van der Waals surface area (Å²) in [6, 6.07) is 1.44. The van der Waals surface area contributed by atoms with E-state index in [0.717, 1.165) is 0 Å². The summed E-state index contributed by atoms with van der Waals surface area (Å²) >= 11 is 0. The summed E-state index contributed by atoms with van der Waals surface area (Å²) in [5.41, 5.74) is 0.211. The van der Waals surface area contributed by atoms with Gasteiger partial charge in [0, 0.05) is 6.20 Å². The monoisotopic (exact) mass is 214 g/mol. The normalized spacial score (nSPS) is 17.1. The third kappa shape index (κ3) is 2.93. The van der Waals surface area contributed by atoms with Gasteiger partial charge in [-0.3, -0.25) is 0 Å². The van der Waals surface area contributed by atoms with Crippen molar-refractivity contribution in [2.45, 2.75) is 25.2 Å². The van der Waals surface area contributed by atoms with E-state index in [9.17, 15) is 10.2 Å². The average Bonchev–Trinajstić information content (AvgIpc) is 2.26. The summed E-state index contributed by atoms with van der Waals surface area (Å²) in [5.74, 6) is 0.456. The number of hydrogen-bond donors (Lipinski definition) is 4. The smallest absolute Gasteiger partial charge is 0.125 e. The van der Waals surface area contributed by atoms with Gasteiger partial charge in [0.25, 0.3) is 0 Å². The van der Waals surface area contributed by atoms with E-state index in [-0.39, 0.29) is 5.69 Å². The Morgan fingerprint density at radius 2 is 2.00 bits per heavy atom. The van der Waals surface area contributed by atoms with Gasteiger partial charge >= 0.3 is 0 Å². The molecule has 0 bridgehead atoms. The van der Waals surface area contributed by atoms with E-state index in [1.807, 2.05) is 0 Å². The Hall–Kier alpha value is -1.08. The molecule has 1 rings (SSSR count). The Bertz CT molecular complexity index is 321. The molecule has 6 heteroatoms. The van der Waals surface area contributed by atoms with Gasteiger partial charge in [-0.1, -0.05) is 0 Å². The topological polar surface area (TPSA) is 107 Å². The van der Waals surface area contributed by atoms with Crippen molar-refractivity contribution in [2.75, 3.05) is 6.61 Å². The predicted octanol–water partition coefficient (Wildman–Crippen LogP) is -1.47. The molecule has 0 aliphatic carbocycles. The molecule has 1 aromatic rings. The maximum atomic E-state index is 9.60. The molecule has 0 aliphatic rings. The fourth-order valence-electron chi connectivity index (χ4n) is 1.13. The second-order valence-electron chi connectivity index (χ2n) is 3.21. The summed E-state index contributed by atoms with van der Waals surface area (Å²) in [5, 5.41) is 36.7. The number of aliphatic hydroxyl groups excluding tert-OH is 4. The van der Waals surface area contributed by atoms with E-state index in [0.29, 0.717) is 5.82 Å². The number of aliphatic hydroxyl groups is 4. The van der Waals surface area contributed by atoms with Crippen molar-refractivity contribution in [3.05, 3.63) is 23.8 Å². The highest BCUT2D eigenvalue weighted by atomic mass is 16.4. The number of aromatic nitrogens is 2. The largest absolute Gasteiger partial charge is 0.394 e. The van der Waals surface area contributed by atoms with Crippen LogP contribution in [0.25, 0.3) is 0 Å². The molecule has 1 heterocycles. The molecule has 3 atom stereocenters. The lowest BCUT2D eigenvalue weighted by atomic mass is 10.1. The molecule has 4 N–H and O–H groups in total. The lowest BCUT2D eigenvalue weighted by molar-refractivity contribution is -0.0790. The van der Waals surface area contributed by atoms with Crippen LogP contribution in [0.3, 0.4) is 0 Å². The molecular formula is C9H14N2O4. The van der Waals surface area contributed by atoms with Crippen LogP contribution in [0.5, 0.6) is 0 Å². The Labute approximate surface area is 86.9 Å². The Balaban J connectivity index is 2.80. The zero-order valence-electron chi connectivity index (χ0n) is 8.28. The molecule has 0 saturated heterocycles. The minimum atomic E-state index is -1.47. The molecule has 0 aromatic carbocycles. The van der Waals surface area contributed by atoms with E-state index in [4.69, 9.17) is 10.2 Å². The zero-order chi connectivity index (χ0) is 11.4. The molecule has 15 heavy (non-hydrogen) atoms. The van der Waals surface area contributed by atoms with E-state index in [1.54, 1.807) is 6.92 Å². The van der Waals surface area contributed by atoms with Crippen molar-refractivity contribution in [3.8, 4) is 0 Å². The van der Waals surface area contributed by atoms with Gasteiger partial charge < -0.3 is 20.4 Å². The van der Waals surface area contributed by atoms with Crippen molar-refractivity contribution in [2.24, 2.45) is 0 Å². The van der Waals surface area contributed by atoms with Gasteiger partial charge in [0.1, 0.15) is 24.1 Å². The van der Waals surface area contributed by atoms with Crippen molar-refractivity contribution < 1.29 is 20.4 Å². The van der Waals surface area contributed by atoms with Crippen molar-refractivity contribution >= 4 is 0 Å². The molecule has 1 aromatic heterocycles. The predicted molar refractivity (Wildman–Crippen MR) is 50.8 cm³/mol. The van der Waals surface area contributed by atoms with E-state index < -0.39 is 24.9 Å². The zero-order valence-corrected chi connectivity index (χ0v) is 8.28. The molecule has 0 radical (unpaired) electrons. The number of aryl methyl sites for hydroxylation is 1. The second kappa shape index (κ2) is 5.13. The minimum Gasteiger partial charge on any atom is -0.394 e. The summed E-state index contributed by atoms with van der Waals surface area (Å²) < 4.78 is 0. The first-order chi connectivity index (χ1) is 7.06. The molecular weight excluding hydrogens is 200 g/mol. The van der Waals surface area contributed by atoms with Crippen LogP contribution >= 0.6 is 0 Å². The summed E-state index contributed by atoms with van der Waals surface area (Å²) in [6.07, 6.45) is -2.76. The number of hydrogen-bond acceptors (Lipinski definition) is 6. The van der Waals surface area contributed by atoms with Gasteiger partial charge in [-0.2, -0.15) is 0 Å². The van der Waals surface area contributed by atoms with Crippen LogP contribution in [0.1, 0.15) is 17.6 Å². The van der Waals surface area contributed by atoms with Gasteiger partial charge in [-0.15, -0.1) is 0 Å². The average molecular weight is 214 g/mol. The molecule has 0 fully saturated rings. The molecule has 0 saturated carbocycles. The number of rotatable bonds is 4. The first-order valence-corrected chi connectivity index (χ1v) is 4.51. The first-order valence-electron chi connectivity index (χ1n) is 4.51. The molecule has 0 unspecified atom stereocenters. The van der Waals surface area contributed by atoms with E-state index >= 15 is 0 Å². The third-order valence-electron chi connectivity index (χ3n) is 2.01. The van der Waals surface area contributed by atoms with Crippen LogP contribution in [0, 0.1) is 6.92 Å². The summed E-state index contributed by atoms with van der Waals surface area (Å²) in [7, 11) is 0. The molecule has 84 valence electrons. The highest BCUT2D eigenvalue weighted by molar-refractivity contribution is 5.07. The van der Waals surface area contributed by atoms with Crippen LogP contribution in [0.15, 0.2) is 12.3 Å². The third-order valence-corrected chi connectivity index (χ3v) is 2.01. The van der Waals surface area contributed by atoms with Gasteiger partial charge in [-0.05, 0) is 13.0 Å². The second-order valence-corrected chi connectivity index (χ2v) is 3.21. The lowest BCUT2D eigenvalue weighted by Gasteiger charge is -2.20. The highest BCUT2D eigenvalue weighted by Gasteiger charge is 2.26. The maximum absolute atomic E-state index is 9.60. The standard InChI is InChI=1S/C9H14N2O4/c1-5-10-3-2-6(11-5)8(14)9(15)7(13)4-12/h2-3,7-9,12-15H,4H2,1H3/t7-,8+,9+/m1/s1. The maximum Gasteiger partial charge on any atom is 0.125 e. The molecule has 6 nitrogen and oxygen atoms in total. The molecule has 0 aliphatic heterocycles. The van der Waals surface area contributed by atoms with Crippen LogP contribution < -0.4 is 0 Å². The van der Waals surface area contributed by atoms with Crippen molar-refractivity contribution in [3.63, 3.8) is 0 Å². The quantitative estimate of drug-likeness (QED) is 0.487. The van der Waals surface area contributed by atoms with E-state index in [1.165, 1.54) is 12.3 Å². The van der Waals surface area contributed by atoms with Crippen LogP contribution in [0.4, 0.5) is 0 Å². The summed E-state index contributed by atoms with van der Waals surface area (Å²) in [6.45, 7) is 1.02. The Kier molecular flexibility index (Phi) is 4.10. The Morgan fingerprint density at radius 1 is 1.33 bits per heavy atom. The van der Waals surface area contributed by atoms with Gasteiger partial charge in [0.15, 0.2) is 0 Å².